The molecule has 0 unspecified atom stereocenters. The van der Waals surface area contributed by atoms with E-state index >= 15 is 0 Å². The van der Waals surface area contributed by atoms with Crippen LogP contribution >= 0.6 is 11.3 Å². The summed E-state index contributed by atoms with van der Waals surface area (Å²) in [5, 5.41) is 7.47. The SMILES string of the molecule is CC(C)(C)c1ccccc1.Fc1cccc(-c2cccc3ccccc23)c1.Fc1cccc(F)c1.Fc1ccccc1.c1ccc2c(c1)oc1ccccc12.c1ccc2c(c1)sc1ccccc12. The van der Waals surface area contributed by atoms with Crippen molar-refractivity contribution >= 4 is 64.2 Å². The first-order chi connectivity index (χ1) is 33.0. The summed E-state index contributed by atoms with van der Waals surface area (Å²) in [5.41, 5.74) is 5.60. The molecule has 1 nitrogen and oxygen atoms in total. The highest BCUT2D eigenvalue weighted by Crippen LogP contribution is 2.33. The lowest BCUT2D eigenvalue weighted by Gasteiger charge is -2.18. The van der Waals surface area contributed by atoms with Gasteiger partial charge in [-0.2, -0.15) is 0 Å². The minimum Gasteiger partial charge on any atom is -0.456 e. The van der Waals surface area contributed by atoms with Crippen LogP contribution in [0.5, 0.6) is 0 Å². The van der Waals surface area contributed by atoms with Crippen LogP contribution in [0.3, 0.4) is 0 Å². The second-order valence-electron chi connectivity index (χ2n) is 16.6. The van der Waals surface area contributed by atoms with Gasteiger partial charge in [-0.15, -0.1) is 11.3 Å². The summed E-state index contributed by atoms with van der Waals surface area (Å²) >= 11 is 1.86. The normalized spacial score (nSPS) is 10.6. The summed E-state index contributed by atoms with van der Waals surface area (Å²) in [7, 11) is 0. The van der Waals surface area contributed by atoms with Crippen molar-refractivity contribution in [3.8, 4) is 11.1 Å². The Kier molecular flexibility index (Phi) is 16.7. The third kappa shape index (κ3) is 13.4. The number of rotatable bonds is 1. The highest BCUT2D eigenvalue weighted by Gasteiger charge is 2.11. The van der Waals surface area contributed by atoms with E-state index in [-0.39, 0.29) is 11.6 Å². The Bertz CT molecular complexity index is 3220. The van der Waals surface area contributed by atoms with Crippen molar-refractivity contribution in [1.82, 2.24) is 0 Å². The third-order valence-corrected chi connectivity index (χ3v) is 11.8. The van der Waals surface area contributed by atoms with Crippen LogP contribution in [0.25, 0.3) is 64.0 Å². The quantitative estimate of drug-likeness (QED) is 0.150. The molecule has 12 aromatic rings. The highest BCUT2D eigenvalue weighted by atomic mass is 32.1. The van der Waals surface area contributed by atoms with E-state index < -0.39 is 11.6 Å². The molecule has 68 heavy (non-hydrogen) atoms. The van der Waals surface area contributed by atoms with Gasteiger partial charge in [-0.1, -0.05) is 203 Å². The van der Waals surface area contributed by atoms with Gasteiger partial charge in [-0.3, -0.25) is 0 Å². The Morgan fingerprint density at radius 3 is 1.21 bits per heavy atom. The van der Waals surface area contributed by atoms with Crippen molar-refractivity contribution in [2.75, 3.05) is 0 Å². The number of para-hydroxylation sites is 2. The molecule has 0 N–H and O–H groups in total. The maximum absolute atomic E-state index is 13.3. The maximum Gasteiger partial charge on any atom is 0.135 e. The van der Waals surface area contributed by atoms with Gasteiger partial charge in [0, 0.05) is 37.0 Å². The predicted molar refractivity (Wildman–Crippen MR) is 280 cm³/mol. The molecule has 0 saturated heterocycles. The van der Waals surface area contributed by atoms with Crippen LogP contribution in [0, 0.1) is 23.3 Å². The fraction of sp³-hybridized carbons (Fsp3) is 0.0645. The van der Waals surface area contributed by atoms with Crippen LogP contribution in [0.4, 0.5) is 17.6 Å². The van der Waals surface area contributed by atoms with E-state index in [1.165, 1.54) is 78.3 Å². The van der Waals surface area contributed by atoms with E-state index in [2.05, 4.69) is 130 Å². The van der Waals surface area contributed by atoms with Crippen molar-refractivity contribution in [1.29, 1.82) is 0 Å². The summed E-state index contributed by atoms with van der Waals surface area (Å²) < 4.78 is 57.4. The second-order valence-corrected chi connectivity index (χ2v) is 17.7. The Balaban J connectivity index is 0.000000124. The lowest BCUT2D eigenvalue weighted by atomic mass is 9.87. The standard InChI is InChI=1S/C16H11F.C12H8O.C12H8S.C10H14.C6H4F2.C6H5F/c17-14-8-3-7-13(11-14)16-10-4-6-12-5-1-2-9-15(12)16;2*1-3-7-11-9(5-1)10-6-2-4-8-12(10)13-11;1-10(2,3)9-7-5-4-6-8-9;7-5-2-1-3-6(8)4-5;7-6-4-2-1-3-5-6/h1-11H;2*1-8H;4-8H,1-3H3;1-4H;1-5H. The summed E-state index contributed by atoms with van der Waals surface area (Å²) in [6.07, 6.45) is 0. The molecular formula is C62H50F4OS. The fourth-order valence-corrected chi connectivity index (χ4v) is 8.40. The maximum atomic E-state index is 13.3. The van der Waals surface area contributed by atoms with Gasteiger partial charge in [0.05, 0.1) is 0 Å². The summed E-state index contributed by atoms with van der Waals surface area (Å²) in [6, 6.07) is 77.3. The molecule has 0 aliphatic carbocycles. The number of benzene rings is 10. The van der Waals surface area contributed by atoms with Gasteiger partial charge < -0.3 is 4.42 Å². The van der Waals surface area contributed by atoms with Crippen LogP contribution in [0.15, 0.2) is 253 Å². The van der Waals surface area contributed by atoms with Gasteiger partial charge in [0.15, 0.2) is 0 Å². The molecular weight excluding hydrogens is 869 g/mol. The first kappa shape index (κ1) is 48.1. The van der Waals surface area contributed by atoms with Crippen LogP contribution in [-0.2, 0) is 5.41 Å². The monoisotopic (exact) mass is 918 g/mol. The van der Waals surface area contributed by atoms with Crippen molar-refractivity contribution in [2.24, 2.45) is 0 Å². The lowest BCUT2D eigenvalue weighted by Crippen LogP contribution is -2.10. The molecule has 0 aliphatic heterocycles. The van der Waals surface area contributed by atoms with Crippen LogP contribution < -0.4 is 0 Å². The second kappa shape index (κ2) is 23.6. The molecule has 0 amide bonds. The Labute approximate surface area is 399 Å². The molecule has 10 aromatic carbocycles. The van der Waals surface area contributed by atoms with Gasteiger partial charge in [0.25, 0.3) is 0 Å². The molecule has 0 aliphatic rings. The van der Waals surface area contributed by atoms with Gasteiger partial charge >= 0.3 is 0 Å². The van der Waals surface area contributed by atoms with Crippen LogP contribution in [0.2, 0.25) is 0 Å². The van der Waals surface area contributed by atoms with E-state index in [1.54, 1.807) is 30.3 Å². The molecule has 0 fully saturated rings. The van der Waals surface area contributed by atoms with Gasteiger partial charge in [0.1, 0.15) is 34.4 Å². The average Bonchev–Trinajstić information content (AvgIpc) is 3.94. The zero-order chi connectivity index (χ0) is 47.7. The zero-order valence-electron chi connectivity index (χ0n) is 38.0. The number of hydrogen-bond acceptors (Lipinski definition) is 2. The number of thiophene rings is 1. The van der Waals surface area contributed by atoms with E-state index in [4.69, 9.17) is 4.42 Å². The molecule has 2 aromatic heterocycles. The first-order valence-electron chi connectivity index (χ1n) is 22.2. The minimum atomic E-state index is -0.537. The van der Waals surface area contributed by atoms with E-state index in [9.17, 15) is 17.6 Å². The Morgan fingerprint density at radius 2 is 0.735 bits per heavy atom. The van der Waals surface area contributed by atoms with E-state index in [1.807, 2.05) is 78.1 Å². The number of halogens is 4. The molecule has 0 spiro atoms. The Morgan fingerprint density at radius 1 is 0.338 bits per heavy atom. The third-order valence-electron chi connectivity index (χ3n) is 10.7. The molecule has 6 heteroatoms. The van der Waals surface area contributed by atoms with Gasteiger partial charge in [-0.05, 0) is 93.5 Å². The minimum absolute atomic E-state index is 0.178. The summed E-state index contributed by atoms with van der Waals surface area (Å²) in [5.74, 6) is -1.45. The van der Waals surface area contributed by atoms with Crippen LogP contribution in [-0.4, -0.2) is 0 Å². The summed E-state index contributed by atoms with van der Waals surface area (Å²) in [6.45, 7) is 6.67. The van der Waals surface area contributed by atoms with Gasteiger partial charge in [0.2, 0.25) is 0 Å². The molecule has 0 bridgehead atoms. The first-order valence-corrected chi connectivity index (χ1v) is 23.0. The Hall–Kier alpha value is -7.80. The molecule has 338 valence electrons. The molecule has 2 heterocycles. The van der Waals surface area contributed by atoms with Crippen molar-refractivity contribution in [3.05, 3.63) is 278 Å². The topological polar surface area (TPSA) is 13.1 Å². The van der Waals surface area contributed by atoms with Gasteiger partial charge in [-0.25, -0.2) is 17.6 Å². The molecule has 0 saturated carbocycles. The summed E-state index contributed by atoms with van der Waals surface area (Å²) in [4.78, 5) is 0. The fourth-order valence-electron chi connectivity index (χ4n) is 7.30. The lowest BCUT2D eigenvalue weighted by molar-refractivity contribution is 0.583. The van der Waals surface area contributed by atoms with Crippen LogP contribution in [0.1, 0.15) is 26.3 Å². The zero-order valence-corrected chi connectivity index (χ0v) is 38.8. The predicted octanol–water partition coefficient (Wildman–Crippen LogP) is 19.1. The van der Waals surface area contributed by atoms with E-state index in [0.717, 1.165) is 33.7 Å². The van der Waals surface area contributed by atoms with E-state index in [0.29, 0.717) is 5.41 Å². The smallest absolute Gasteiger partial charge is 0.135 e. The molecule has 0 radical (unpaired) electrons. The highest BCUT2D eigenvalue weighted by molar-refractivity contribution is 7.25. The number of fused-ring (bicyclic) bond motifs is 7. The largest absolute Gasteiger partial charge is 0.456 e. The molecule has 12 rings (SSSR count). The van der Waals surface area contributed by atoms with Crippen molar-refractivity contribution in [3.63, 3.8) is 0 Å². The average molecular weight is 919 g/mol. The molecule has 0 atom stereocenters. The van der Waals surface area contributed by atoms with Crippen molar-refractivity contribution < 1.29 is 22.0 Å². The van der Waals surface area contributed by atoms with Crippen molar-refractivity contribution in [2.45, 2.75) is 26.2 Å². The number of furan rings is 1. The number of hydrogen-bond donors (Lipinski definition) is 0.